The van der Waals surface area contributed by atoms with Crippen molar-refractivity contribution in [3.63, 3.8) is 0 Å². The molecule has 112 valence electrons. The molecule has 1 aliphatic rings. The van der Waals surface area contributed by atoms with Crippen LogP contribution in [0.5, 0.6) is 0 Å². The fourth-order valence-corrected chi connectivity index (χ4v) is 3.97. The summed E-state index contributed by atoms with van der Waals surface area (Å²) in [6.07, 6.45) is 0.806. The lowest BCUT2D eigenvalue weighted by atomic mass is 10.2. The fraction of sp³-hybridized carbons (Fsp3) is 0.455. The van der Waals surface area contributed by atoms with Crippen LogP contribution in [0.1, 0.15) is 12.5 Å². The predicted molar refractivity (Wildman–Crippen MR) is 68.7 cm³/mol. The Bertz CT molecular complexity index is 708. The van der Waals surface area contributed by atoms with Gasteiger partial charge in [-0.25, -0.2) is 8.37 Å². The SMILES string of the molecule is CC1(OS(C)(=O)=O)COCc2ccccc2S(=O)(=O)O1. The first-order valence-corrected chi connectivity index (χ1v) is 8.86. The molecule has 1 aliphatic heterocycles. The number of benzene rings is 1. The van der Waals surface area contributed by atoms with E-state index in [1.54, 1.807) is 12.1 Å². The summed E-state index contributed by atoms with van der Waals surface area (Å²) < 4.78 is 61.7. The standard InChI is InChI=1S/C11H14O7S2/c1-11(17-19(2,12)13)8-16-7-9-5-3-4-6-10(9)20(14,15)18-11/h3-6H,7-8H2,1-2H3. The van der Waals surface area contributed by atoms with Crippen LogP contribution in [0.3, 0.4) is 0 Å². The van der Waals surface area contributed by atoms with Crippen molar-refractivity contribution in [2.24, 2.45) is 0 Å². The predicted octanol–water partition coefficient (Wildman–Crippen LogP) is 0.615. The maximum Gasteiger partial charge on any atom is 0.300 e. The van der Waals surface area contributed by atoms with E-state index in [1.807, 2.05) is 0 Å². The lowest BCUT2D eigenvalue weighted by Gasteiger charge is -2.29. The number of hydrogen-bond donors (Lipinski definition) is 0. The molecular weight excluding hydrogens is 308 g/mol. The average Bonchev–Trinajstić information content (AvgIpc) is 2.24. The first kappa shape index (κ1) is 15.4. The van der Waals surface area contributed by atoms with Crippen molar-refractivity contribution < 1.29 is 29.9 Å². The highest BCUT2D eigenvalue weighted by atomic mass is 32.2. The molecule has 1 unspecified atom stereocenters. The van der Waals surface area contributed by atoms with Crippen LogP contribution < -0.4 is 0 Å². The molecule has 1 atom stereocenters. The highest BCUT2D eigenvalue weighted by Gasteiger charge is 2.39. The van der Waals surface area contributed by atoms with Gasteiger partial charge in [0.2, 0.25) is 5.79 Å². The van der Waals surface area contributed by atoms with Gasteiger partial charge in [-0.05, 0) is 18.6 Å². The summed E-state index contributed by atoms with van der Waals surface area (Å²) in [5.74, 6) is -1.93. The normalized spacial score (nSPS) is 26.3. The number of fused-ring (bicyclic) bond motifs is 1. The van der Waals surface area contributed by atoms with E-state index in [2.05, 4.69) is 0 Å². The molecule has 0 bridgehead atoms. The van der Waals surface area contributed by atoms with Crippen LogP contribution in [0, 0.1) is 0 Å². The Morgan fingerprint density at radius 3 is 2.60 bits per heavy atom. The van der Waals surface area contributed by atoms with Crippen molar-refractivity contribution in [3.05, 3.63) is 29.8 Å². The zero-order valence-corrected chi connectivity index (χ0v) is 12.5. The molecule has 1 heterocycles. The van der Waals surface area contributed by atoms with Crippen LogP contribution in [0.2, 0.25) is 0 Å². The Labute approximate surface area is 117 Å². The Balaban J connectivity index is 2.44. The Morgan fingerprint density at radius 2 is 1.95 bits per heavy atom. The van der Waals surface area contributed by atoms with Crippen LogP contribution in [-0.4, -0.2) is 35.5 Å². The van der Waals surface area contributed by atoms with E-state index in [0.717, 1.165) is 6.26 Å². The van der Waals surface area contributed by atoms with Crippen LogP contribution in [0.4, 0.5) is 0 Å². The number of hydrogen-bond acceptors (Lipinski definition) is 7. The van der Waals surface area contributed by atoms with Gasteiger partial charge in [-0.2, -0.15) is 16.8 Å². The molecule has 1 aromatic rings. The molecule has 20 heavy (non-hydrogen) atoms. The van der Waals surface area contributed by atoms with Crippen LogP contribution in [0.25, 0.3) is 0 Å². The van der Waals surface area contributed by atoms with E-state index >= 15 is 0 Å². The van der Waals surface area contributed by atoms with Gasteiger partial charge >= 0.3 is 0 Å². The summed E-state index contributed by atoms with van der Waals surface area (Å²) in [7, 11) is -8.06. The number of rotatable bonds is 2. The van der Waals surface area contributed by atoms with Gasteiger partial charge in [0.05, 0.1) is 17.8 Å². The van der Waals surface area contributed by atoms with E-state index in [-0.39, 0.29) is 18.1 Å². The minimum atomic E-state index is -4.15. The molecule has 9 heteroatoms. The summed E-state index contributed by atoms with van der Waals surface area (Å²) in [6, 6.07) is 6.16. The summed E-state index contributed by atoms with van der Waals surface area (Å²) in [6.45, 7) is 0.870. The monoisotopic (exact) mass is 322 g/mol. The third-order valence-corrected chi connectivity index (χ3v) is 4.64. The first-order chi connectivity index (χ1) is 9.11. The summed E-state index contributed by atoms with van der Waals surface area (Å²) in [5.41, 5.74) is 0.439. The van der Waals surface area contributed by atoms with E-state index < -0.39 is 26.0 Å². The van der Waals surface area contributed by atoms with Gasteiger partial charge in [-0.1, -0.05) is 18.2 Å². The third kappa shape index (κ3) is 3.55. The minimum Gasteiger partial charge on any atom is -0.371 e. The molecule has 0 aliphatic carbocycles. The molecule has 0 N–H and O–H groups in total. The van der Waals surface area contributed by atoms with Gasteiger partial charge in [0.25, 0.3) is 20.2 Å². The lowest BCUT2D eigenvalue weighted by molar-refractivity contribution is -0.143. The molecule has 1 aromatic carbocycles. The van der Waals surface area contributed by atoms with Crippen LogP contribution in [-0.2, 0) is 39.9 Å². The van der Waals surface area contributed by atoms with Gasteiger partial charge < -0.3 is 4.74 Å². The van der Waals surface area contributed by atoms with Crippen LogP contribution >= 0.6 is 0 Å². The maximum absolute atomic E-state index is 12.2. The molecule has 0 radical (unpaired) electrons. The van der Waals surface area contributed by atoms with E-state index in [1.165, 1.54) is 19.1 Å². The second kappa shape index (κ2) is 5.08. The van der Waals surface area contributed by atoms with Crippen molar-refractivity contribution >= 4 is 20.2 Å². The van der Waals surface area contributed by atoms with Gasteiger partial charge in [-0.15, -0.1) is 0 Å². The maximum atomic E-state index is 12.2. The van der Waals surface area contributed by atoms with E-state index in [0.29, 0.717) is 5.56 Å². The number of ether oxygens (including phenoxy) is 1. The summed E-state index contributed by atoms with van der Waals surface area (Å²) in [4.78, 5) is -0.0666. The molecule has 0 saturated heterocycles. The van der Waals surface area contributed by atoms with Crippen molar-refractivity contribution in [1.82, 2.24) is 0 Å². The van der Waals surface area contributed by atoms with Crippen molar-refractivity contribution in [3.8, 4) is 0 Å². The molecule has 7 nitrogen and oxygen atoms in total. The highest BCUT2D eigenvalue weighted by Crippen LogP contribution is 2.28. The topological polar surface area (TPSA) is 96.0 Å². The van der Waals surface area contributed by atoms with Crippen molar-refractivity contribution in [2.75, 3.05) is 12.9 Å². The summed E-state index contributed by atoms with van der Waals surface area (Å²) >= 11 is 0. The largest absolute Gasteiger partial charge is 0.371 e. The van der Waals surface area contributed by atoms with Crippen molar-refractivity contribution in [2.45, 2.75) is 24.2 Å². The summed E-state index contributed by atoms with van der Waals surface area (Å²) in [5, 5.41) is 0. The molecule has 2 rings (SSSR count). The van der Waals surface area contributed by atoms with Crippen molar-refractivity contribution in [1.29, 1.82) is 0 Å². The Kier molecular flexibility index (Phi) is 3.91. The van der Waals surface area contributed by atoms with Gasteiger partial charge in [0.1, 0.15) is 6.61 Å². The lowest BCUT2D eigenvalue weighted by Crippen LogP contribution is -2.42. The molecule has 0 spiro atoms. The molecule has 0 fully saturated rings. The smallest absolute Gasteiger partial charge is 0.300 e. The average molecular weight is 322 g/mol. The van der Waals surface area contributed by atoms with Gasteiger partial charge in [0, 0.05) is 0 Å². The van der Waals surface area contributed by atoms with Gasteiger partial charge in [-0.3, -0.25) is 0 Å². The third-order valence-electron chi connectivity index (χ3n) is 2.48. The van der Waals surface area contributed by atoms with E-state index in [4.69, 9.17) is 13.1 Å². The first-order valence-electron chi connectivity index (χ1n) is 5.63. The highest BCUT2D eigenvalue weighted by molar-refractivity contribution is 7.87. The van der Waals surface area contributed by atoms with Crippen LogP contribution in [0.15, 0.2) is 29.2 Å². The molecular formula is C11H14O7S2. The minimum absolute atomic E-state index is 0.0154. The second-order valence-electron chi connectivity index (χ2n) is 4.56. The zero-order chi connectivity index (χ0) is 15.0. The second-order valence-corrected chi connectivity index (χ2v) is 7.65. The zero-order valence-electron chi connectivity index (χ0n) is 10.9. The van der Waals surface area contributed by atoms with Gasteiger partial charge in [0.15, 0.2) is 0 Å². The molecule has 0 saturated carbocycles. The molecule has 0 amide bonds. The van der Waals surface area contributed by atoms with E-state index in [9.17, 15) is 16.8 Å². The molecule has 0 aromatic heterocycles. The Hall–Kier alpha value is -1.00. The quantitative estimate of drug-likeness (QED) is 0.736. The fourth-order valence-electron chi connectivity index (χ4n) is 1.87. The Morgan fingerprint density at radius 1 is 1.30 bits per heavy atom.